The Bertz CT molecular complexity index is 957. The fourth-order valence-corrected chi connectivity index (χ4v) is 3.86. The predicted molar refractivity (Wildman–Crippen MR) is 108 cm³/mol. The molecule has 0 amide bonds. The fourth-order valence-electron chi connectivity index (χ4n) is 3.63. The summed E-state index contributed by atoms with van der Waals surface area (Å²) in [7, 11) is 0. The van der Waals surface area contributed by atoms with Gasteiger partial charge >= 0.3 is 6.18 Å². The van der Waals surface area contributed by atoms with Gasteiger partial charge < -0.3 is 14.7 Å². The lowest BCUT2D eigenvalue weighted by Gasteiger charge is -2.21. The second-order valence-electron chi connectivity index (χ2n) is 7.93. The topological polar surface area (TPSA) is 68.9 Å². The zero-order chi connectivity index (χ0) is 22.2. The van der Waals surface area contributed by atoms with Gasteiger partial charge in [0.25, 0.3) is 0 Å². The minimum Gasteiger partial charge on any atom is -0.393 e. The number of rotatable bonds is 8. The lowest BCUT2D eigenvalue weighted by molar-refractivity contribution is -0.146. The molecular formula is C21H23ClF3N3O3. The van der Waals surface area contributed by atoms with Crippen molar-refractivity contribution in [2.45, 2.75) is 57.2 Å². The summed E-state index contributed by atoms with van der Waals surface area (Å²) in [5.74, 6) is -0.573. The summed E-state index contributed by atoms with van der Waals surface area (Å²) < 4.78 is 48.7. The van der Waals surface area contributed by atoms with Gasteiger partial charge in [0.05, 0.1) is 36.6 Å². The maximum Gasteiger partial charge on any atom is 0.433 e. The quantitative estimate of drug-likeness (QED) is 0.629. The number of ether oxygens (including phenoxy) is 1. The first kappa shape index (κ1) is 22.1. The zero-order valence-corrected chi connectivity index (χ0v) is 17.6. The number of aryl methyl sites for hydroxylation is 1. The standard InChI is InChI=1S/C21H23ClF3N3O3/c1-12(29)8-9-28-20(21(23,24)25)15(10-26-28)19-16(11-30-13-6-7-13)18(27-31-19)14-4-2-3-5-17(14)22/h2-5,10,12-13,16,19,29H,6-9,11H2,1H3. The summed E-state index contributed by atoms with van der Waals surface area (Å²) in [5, 5.41) is 18.0. The van der Waals surface area contributed by atoms with Crippen LogP contribution in [0, 0.1) is 5.92 Å². The van der Waals surface area contributed by atoms with Crippen LogP contribution in [0.5, 0.6) is 0 Å². The SMILES string of the molecule is CC(O)CCn1ncc(C2ON=C(c3ccccc3Cl)C2COC2CC2)c1C(F)(F)F. The van der Waals surface area contributed by atoms with E-state index in [9.17, 15) is 18.3 Å². The van der Waals surface area contributed by atoms with E-state index in [1.807, 2.05) is 0 Å². The minimum atomic E-state index is -4.65. The van der Waals surface area contributed by atoms with Crippen LogP contribution in [0.25, 0.3) is 0 Å². The minimum absolute atomic E-state index is 0.0688. The van der Waals surface area contributed by atoms with Crippen molar-refractivity contribution in [3.63, 3.8) is 0 Å². The molecule has 3 atom stereocenters. The fraction of sp³-hybridized carbons (Fsp3) is 0.524. The molecular weight excluding hydrogens is 435 g/mol. The van der Waals surface area contributed by atoms with Crippen LogP contribution in [-0.2, 0) is 22.3 Å². The molecule has 31 heavy (non-hydrogen) atoms. The van der Waals surface area contributed by atoms with Gasteiger partial charge in [0.1, 0.15) is 5.69 Å². The molecule has 2 heterocycles. The molecule has 168 valence electrons. The molecule has 4 rings (SSSR count). The summed E-state index contributed by atoms with van der Waals surface area (Å²) in [6.45, 7) is 1.61. The lowest BCUT2D eigenvalue weighted by atomic mass is 9.89. The van der Waals surface area contributed by atoms with Gasteiger partial charge in [0.2, 0.25) is 0 Å². The molecule has 1 fully saturated rings. The van der Waals surface area contributed by atoms with Crippen molar-refractivity contribution in [1.82, 2.24) is 9.78 Å². The Morgan fingerprint density at radius 1 is 1.32 bits per heavy atom. The Labute approximate surface area is 182 Å². The highest BCUT2D eigenvalue weighted by atomic mass is 35.5. The molecule has 0 radical (unpaired) electrons. The number of hydrogen-bond acceptors (Lipinski definition) is 5. The number of halogens is 4. The molecule has 10 heteroatoms. The number of alkyl halides is 3. The van der Waals surface area contributed by atoms with E-state index >= 15 is 0 Å². The van der Waals surface area contributed by atoms with Gasteiger partial charge in [0.15, 0.2) is 6.10 Å². The van der Waals surface area contributed by atoms with E-state index in [2.05, 4.69) is 10.3 Å². The Balaban J connectivity index is 1.68. The first-order valence-corrected chi connectivity index (χ1v) is 10.5. The molecule has 0 spiro atoms. The highest BCUT2D eigenvalue weighted by molar-refractivity contribution is 6.34. The number of hydrogen-bond donors (Lipinski definition) is 1. The zero-order valence-electron chi connectivity index (χ0n) is 16.8. The lowest BCUT2D eigenvalue weighted by Crippen LogP contribution is -2.26. The third-order valence-electron chi connectivity index (χ3n) is 5.37. The van der Waals surface area contributed by atoms with Crippen LogP contribution in [0.15, 0.2) is 35.6 Å². The highest BCUT2D eigenvalue weighted by Crippen LogP contribution is 2.43. The molecule has 2 aromatic rings. The Hall–Kier alpha value is -2.10. The van der Waals surface area contributed by atoms with Crippen molar-refractivity contribution >= 4 is 17.3 Å². The number of nitrogens with zero attached hydrogens (tertiary/aromatic N) is 3. The Morgan fingerprint density at radius 2 is 2.06 bits per heavy atom. The molecule has 1 aliphatic heterocycles. The van der Waals surface area contributed by atoms with Crippen molar-refractivity contribution in [2.75, 3.05) is 6.61 Å². The monoisotopic (exact) mass is 457 g/mol. The van der Waals surface area contributed by atoms with Crippen molar-refractivity contribution in [3.05, 3.63) is 52.3 Å². The summed E-state index contributed by atoms with van der Waals surface area (Å²) in [4.78, 5) is 5.55. The van der Waals surface area contributed by atoms with Crippen LogP contribution in [0.2, 0.25) is 5.02 Å². The number of aliphatic hydroxyl groups excluding tert-OH is 1. The number of oxime groups is 1. The predicted octanol–water partition coefficient (Wildman–Crippen LogP) is 4.60. The van der Waals surface area contributed by atoms with E-state index in [0.29, 0.717) is 16.3 Å². The summed E-state index contributed by atoms with van der Waals surface area (Å²) >= 11 is 6.32. The smallest absolute Gasteiger partial charge is 0.393 e. The molecule has 0 bridgehead atoms. The third-order valence-corrected chi connectivity index (χ3v) is 5.70. The van der Waals surface area contributed by atoms with Gasteiger partial charge in [-0.25, -0.2) is 0 Å². The third kappa shape index (κ3) is 4.88. The Kier molecular flexibility index (Phi) is 6.27. The van der Waals surface area contributed by atoms with Gasteiger partial charge in [-0.2, -0.15) is 18.3 Å². The molecule has 1 aliphatic carbocycles. The average molecular weight is 458 g/mol. The number of aliphatic hydroxyl groups is 1. The van der Waals surface area contributed by atoms with Crippen LogP contribution >= 0.6 is 11.6 Å². The molecule has 0 saturated heterocycles. The van der Waals surface area contributed by atoms with Gasteiger partial charge in [-0.1, -0.05) is 35.0 Å². The second kappa shape index (κ2) is 8.80. The first-order chi connectivity index (χ1) is 14.8. The van der Waals surface area contributed by atoms with Crippen molar-refractivity contribution in [1.29, 1.82) is 0 Å². The molecule has 6 nitrogen and oxygen atoms in total. The van der Waals surface area contributed by atoms with E-state index < -0.39 is 30.0 Å². The molecule has 1 aromatic carbocycles. The average Bonchev–Trinajstić information content (AvgIpc) is 3.28. The van der Waals surface area contributed by atoms with E-state index in [4.69, 9.17) is 21.2 Å². The normalized spacial score (nSPS) is 22.3. The molecule has 1 N–H and O–H groups in total. The van der Waals surface area contributed by atoms with E-state index in [-0.39, 0.29) is 31.2 Å². The molecule has 3 unspecified atom stereocenters. The van der Waals surface area contributed by atoms with Crippen molar-refractivity contribution < 1.29 is 27.9 Å². The van der Waals surface area contributed by atoms with Crippen LogP contribution in [0.1, 0.15) is 49.1 Å². The van der Waals surface area contributed by atoms with Crippen molar-refractivity contribution in [3.8, 4) is 0 Å². The van der Waals surface area contributed by atoms with Gasteiger partial charge in [0, 0.05) is 22.7 Å². The second-order valence-corrected chi connectivity index (χ2v) is 8.34. The molecule has 1 saturated carbocycles. The van der Waals surface area contributed by atoms with Crippen LogP contribution in [0.4, 0.5) is 13.2 Å². The highest BCUT2D eigenvalue weighted by Gasteiger charge is 2.46. The summed E-state index contributed by atoms with van der Waals surface area (Å²) in [5.41, 5.74) is 0.0608. The van der Waals surface area contributed by atoms with Gasteiger partial charge in [-0.05, 0) is 32.3 Å². The van der Waals surface area contributed by atoms with E-state index in [1.165, 1.54) is 13.1 Å². The number of benzene rings is 1. The molecule has 2 aliphatic rings. The Morgan fingerprint density at radius 3 is 2.71 bits per heavy atom. The molecule has 1 aromatic heterocycles. The first-order valence-electron chi connectivity index (χ1n) is 10.2. The summed E-state index contributed by atoms with van der Waals surface area (Å²) in [6.07, 6.45) is -3.11. The number of aromatic nitrogens is 2. The van der Waals surface area contributed by atoms with Gasteiger partial charge in [-0.15, -0.1) is 0 Å². The van der Waals surface area contributed by atoms with Crippen molar-refractivity contribution in [2.24, 2.45) is 11.1 Å². The largest absolute Gasteiger partial charge is 0.433 e. The maximum absolute atomic E-state index is 14.0. The van der Waals surface area contributed by atoms with E-state index in [0.717, 1.165) is 17.5 Å². The van der Waals surface area contributed by atoms with E-state index in [1.54, 1.807) is 24.3 Å². The van der Waals surface area contributed by atoms with Crippen LogP contribution < -0.4 is 0 Å². The van der Waals surface area contributed by atoms with Crippen LogP contribution in [-0.4, -0.2) is 39.4 Å². The maximum atomic E-state index is 14.0. The summed E-state index contributed by atoms with van der Waals surface area (Å²) in [6, 6.07) is 7.00. The van der Waals surface area contributed by atoms with Gasteiger partial charge in [-0.3, -0.25) is 4.68 Å². The van der Waals surface area contributed by atoms with Crippen LogP contribution in [0.3, 0.4) is 0 Å².